The summed E-state index contributed by atoms with van der Waals surface area (Å²) in [5.41, 5.74) is 5.82. The molecule has 2 rings (SSSR count). The molecule has 2 saturated carbocycles. The minimum absolute atomic E-state index is 0. The molecule has 2 fully saturated rings. The molecule has 106 valence electrons. The fraction of sp³-hybridized carbons (Fsp3) is 0.929. The zero-order valence-electron chi connectivity index (χ0n) is 11.2. The summed E-state index contributed by atoms with van der Waals surface area (Å²) in [6.07, 6.45) is 11.0. The summed E-state index contributed by atoms with van der Waals surface area (Å²) in [7, 11) is 0. The van der Waals surface area contributed by atoms with Crippen molar-refractivity contribution in [2.24, 2.45) is 17.6 Å². The summed E-state index contributed by atoms with van der Waals surface area (Å²) in [6, 6.07) is 0.254. The van der Waals surface area contributed by atoms with Crippen molar-refractivity contribution >= 4 is 18.3 Å². The Morgan fingerprint density at radius 3 is 2.50 bits per heavy atom. The Labute approximate surface area is 117 Å². The van der Waals surface area contributed by atoms with E-state index in [0.29, 0.717) is 0 Å². The third-order valence-corrected chi connectivity index (χ3v) is 4.41. The first-order valence-corrected chi connectivity index (χ1v) is 7.29. The monoisotopic (exact) mass is 274 g/mol. The highest BCUT2D eigenvalue weighted by molar-refractivity contribution is 5.85. The van der Waals surface area contributed by atoms with Crippen LogP contribution in [0.25, 0.3) is 0 Å². The molecule has 0 aliphatic heterocycles. The predicted molar refractivity (Wildman–Crippen MR) is 76.8 cm³/mol. The van der Waals surface area contributed by atoms with Crippen LogP contribution in [0.15, 0.2) is 0 Å². The van der Waals surface area contributed by atoms with Crippen LogP contribution in [0.4, 0.5) is 0 Å². The SMILES string of the molecule is Cl.NC1CCC(C(=O)NCCCC2CCCC2)C1. The van der Waals surface area contributed by atoms with E-state index in [1.807, 2.05) is 0 Å². The molecule has 2 unspecified atom stereocenters. The van der Waals surface area contributed by atoms with Gasteiger partial charge in [0.25, 0.3) is 0 Å². The van der Waals surface area contributed by atoms with Gasteiger partial charge in [-0.3, -0.25) is 4.79 Å². The molecule has 4 heteroatoms. The highest BCUT2D eigenvalue weighted by atomic mass is 35.5. The summed E-state index contributed by atoms with van der Waals surface area (Å²) in [5, 5.41) is 3.07. The van der Waals surface area contributed by atoms with Gasteiger partial charge in [-0.25, -0.2) is 0 Å². The highest BCUT2D eigenvalue weighted by Crippen LogP contribution is 2.28. The van der Waals surface area contributed by atoms with Crippen molar-refractivity contribution < 1.29 is 4.79 Å². The van der Waals surface area contributed by atoms with Crippen LogP contribution >= 0.6 is 12.4 Å². The predicted octanol–water partition coefficient (Wildman–Crippen LogP) is 2.62. The van der Waals surface area contributed by atoms with E-state index >= 15 is 0 Å². The number of amides is 1. The van der Waals surface area contributed by atoms with E-state index in [1.54, 1.807) is 0 Å². The molecule has 0 radical (unpaired) electrons. The molecule has 0 heterocycles. The van der Waals surface area contributed by atoms with Crippen molar-refractivity contribution in [1.82, 2.24) is 5.32 Å². The van der Waals surface area contributed by atoms with E-state index in [1.165, 1.54) is 32.1 Å². The topological polar surface area (TPSA) is 55.1 Å². The van der Waals surface area contributed by atoms with Gasteiger partial charge < -0.3 is 11.1 Å². The molecule has 3 N–H and O–H groups in total. The molecule has 0 aromatic heterocycles. The smallest absolute Gasteiger partial charge is 0.223 e. The quantitative estimate of drug-likeness (QED) is 0.757. The van der Waals surface area contributed by atoms with Crippen LogP contribution in [0.5, 0.6) is 0 Å². The molecule has 0 aromatic rings. The Morgan fingerprint density at radius 1 is 1.17 bits per heavy atom. The van der Waals surface area contributed by atoms with E-state index in [4.69, 9.17) is 5.73 Å². The van der Waals surface area contributed by atoms with Crippen molar-refractivity contribution in [2.75, 3.05) is 6.54 Å². The molecule has 2 aliphatic carbocycles. The van der Waals surface area contributed by atoms with Gasteiger partial charge in [0, 0.05) is 18.5 Å². The zero-order chi connectivity index (χ0) is 12.1. The molecule has 2 atom stereocenters. The Kier molecular flexibility index (Phi) is 7.02. The molecule has 2 aliphatic rings. The fourth-order valence-electron chi connectivity index (χ4n) is 3.30. The molecule has 0 aromatic carbocycles. The van der Waals surface area contributed by atoms with Crippen molar-refractivity contribution in [3.05, 3.63) is 0 Å². The first kappa shape index (κ1) is 15.8. The molecule has 0 saturated heterocycles. The van der Waals surface area contributed by atoms with Crippen LogP contribution in [0.2, 0.25) is 0 Å². The van der Waals surface area contributed by atoms with E-state index < -0.39 is 0 Å². The van der Waals surface area contributed by atoms with Gasteiger partial charge in [-0.2, -0.15) is 0 Å². The number of hydrogen-bond acceptors (Lipinski definition) is 2. The van der Waals surface area contributed by atoms with Gasteiger partial charge in [0.05, 0.1) is 0 Å². The number of rotatable bonds is 5. The highest BCUT2D eigenvalue weighted by Gasteiger charge is 2.27. The Balaban J connectivity index is 0.00000162. The largest absolute Gasteiger partial charge is 0.356 e. The summed E-state index contributed by atoms with van der Waals surface area (Å²) in [6.45, 7) is 0.862. The number of nitrogens with two attached hydrogens (primary N) is 1. The van der Waals surface area contributed by atoms with E-state index in [0.717, 1.165) is 38.1 Å². The van der Waals surface area contributed by atoms with Crippen molar-refractivity contribution in [2.45, 2.75) is 63.8 Å². The molecular formula is C14H27ClN2O. The molecule has 1 amide bonds. The number of hydrogen-bond donors (Lipinski definition) is 2. The molecule has 0 spiro atoms. The number of carbonyl (C=O) groups excluding carboxylic acids is 1. The molecule has 18 heavy (non-hydrogen) atoms. The van der Waals surface area contributed by atoms with Gasteiger partial charge in [0.1, 0.15) is 0 Å². The number of carbonyl (C=O) groups is 1. The second-order valence-electron chi connectivity index (χ2n) is 5.85. The van der Waals surface area contributed by atoms with Gasteiger partial charge in [0.15, 0.2) is 0 Å². The molecular weight excluding hydrogens is 248 g/mol. The van der Waals surface area contributed by atoms with E-state index in [9.17, 15) is 4.79 Å². The van der Waals surface area contributed by atoms with E-state index in [2.05, 4.69) is 5.32 Å². The Morgan fingerprint density at radius 2 is 1.89 bits per heavy atom. The van der Waals surface area contributed by atoms with Gasteiger partial charge in [-0.15, -0.1) is 12.4 Å². The minimum Gasteiger partial charge on any atom is -0.356 e. The van der Waals surface area contributed by atoms with Crippen LogP contribution in [0, 0.1) is 11.8 Å². The number of nitrogens with one attached hydrogen (secondary N) is 1. The van der Waals surface area contributed by atoms with Gasteiger partial charge >= 0.3 is 0 Å². The fourth-order valence-corrected chi connectivity index (χ4v) is 3.30. The zero-order valence-corrected chi connectivity index (χ0v) is 12.0. The first-order valence-electron chi connectivity index (χ1n) is 7.29. The first-order chi connectivity index (χ1) is 8.25. The second kappa shape index (κ2) is 8.00. The lowest BCUT2D eigenvalue weighted by atomic mass is 10.0. The van der Waals surface area contributed by atoms with Crippen molar-refractivity contribution in [3.63, 3.8) is 0 Å². The van der Waals surface area contributed by atoms with Gasteiger partial charge in [-0.05, 0) is 38.0 Å². The van der Waals surface area contributed by atoms with Crippen LogP contribution < -0.4 is 11.1 Å². The van der Waals surface area contributed by atoms with Gasteiger partial charge in [0.2, 0.25) is 5.91 Å². The summed E-state index contributed by atoms with van der Waals surface area (Å²) in [5.74, 6) is 1.37. The average molecular weight is 275 g/mol. The summed E-state index contributed by atoms with van der Waals surface area (Å²) < 4.78 is 0. The normalized spacial score (nSPS) is 28.1. The molecule has 3 nitrogen and oxygen atoms in total. The van der Waals surface area contributed by atoms with Crippen LogP contribution in [0.1, 0.15) is 57.8 Å². The lowest BCUT2D eigenvalue weighted by molar-refractivity contribution is -0.124. The number of halogens is 1. The Bertz CT molecular complexity index is 254. The third-order valence-electron chi connectivity index (χ3n) is 4.41. The maximum atomic E-state index is 11.8. The average Bonchev–Trinajstić information content (AvgIpc) is 2.95. The Hall–Kier alpha value is -0.280. The lowest BCUT2D eigenvalue weighted by Gasteiger charge is -2.12. The maximum absolute atomic E-state index is 11.8. The third kappa shape index (κ3) is 4.77. The van der Waals surface area contributed by atoms with E-state index in [-0.39, 0.29) is 30.3 Å². The standard InChI is InChI=1S/C14H26N2O.ClH/c15-13-8-7-12(10-13)14(17)16-9-3-6-11-4-1-2-5-11;/h11-13H,1-10,15H2,(H,16,17);1H. The second-order valence-corrected chi connectivity index (χ2v) is 5.85. The van der Waals surface area contributed by atoms with Crippen molar-refractivity contribution in [1.29, 1.82) is 0 Å². The lowest BCUT2D eigenvalue weighted by Crippen LogP contribution is -2.31. The van der Waals surface area contributed by atoms with Gasteiger partial charge in [-0.1, -0.05) is 25.7 Å². The minimum atomic E-state index is 0. The van der Waals surface area contributed by atoms with Crippen LogP contribution in [-0.2, 0) is 4.79 Å². The molecule has 0 bridgehead atoms. The van der Waals surface area contributed by atoms with Crippen molar-refractivity contribution in [3.8, 4) is 0 Å². The maximum Gasteiger partial charge on any atom is 0.223 e. The van der Waals surface area contributed by atoms with Crippen LogP contribution in [-0.4, -0.2) is 18.5 Å². The summed E-state index contributed by atoms with van der Waals surface area (Å²) in [4.78, 5) is 11.8. The van der Waals surface area contributed by atoms with Crippen LogP contribution in [0.3, 0.4) is 0 Å². The summed E-state index contributed by atoms with van der Waals surface area (Å²) >= 11 is 0.